The van der Waals surface area contributed by atoms with E-state index in [0.29, 0.717) is 0 Å². The lowest BCUT2D eigenvalue weighted by Gasteiger charge is -2.23. The van der Waals surface area contributed by atoms with Gasteiger partial charge >= 0.3 is 0 Å². The molecular weight excluding hydrogens is 356 g/mol. The zero-order chi connectivity index (χ0) is 20.6. The standard InChI is InChI=1S/C22H18N2O4/c1-11(2)21(27)23-15-9-10-16(24-22(28)12(3)4)18-17(15)19(25)13-7-5-6-8-14(13)20(18)26/h5-10H,1,3H2,2,4H3,(H,23,27)(H,24,28). The van der Waals surface area contributed by atoms with E-state index in [4.69, 9.17) is 0 Å². The number of fused-ring (bicyclic) bond motifs is 2. The molecular formula is C22H18N2O4. The van der Waals surface area contributed by atoms with E-state index in [1.807, 2.05) is 0 Å². The summed E-state index contributed by atoms with van der Waals surface area (Å²) in [5.41, 5.74) is 1.44. The summed E-state index contributed by atoms with van der Waals surface area (Å²) in [6.07, 6.45) is 0. The summed E-state index contributed by atoms with van der Waals surface area (Å²) >= 11 is 0. The molecule has 6 nitrogen and oxygen atoms in total. The van der Waals surface area contributed by atoms with Crippen molar-refractivity contribution in [2.45, 2.75) is 13.8 Å². The highest BCUT2D eigenvalue weighted by atomic mass is 16.2. The Morgan fingerprint density at radius 2 is 1.07 bits per heavy atom. The van der Waals surface area contributed by atoms with E-state index in [1.54, 1.807) is 24.3 Å². The molecule has 28 heavy (non-hydrogen) atoms. The van der Waals surface area contributed by atoms with Crippen molar-refractivity contribution >= 4 is 34.8 Å². The highest BCUT2D eigenvalue weighted by molar-refractivity contribution is 6.33. The van der Waals surface area contributed by atoms with Gasteiger partial charge in [-0.25, -0.2) is 0 Å². The van der Waals surface area contributed by atoms with Gasteiger partial charge in [0.1, 0.15) is 0 Å². The van der Waals surface area contributed by atoms with Crippen molar-refractivity contribution in [1.82, 2.24) is 0 Å². The predicted molar refractivity (Wildman–Crippen MR) is 107 cm³/mol. The van der Waals surface area contributed by atoms with Crippen LogP contribution in [0.3, 0.4) is 0 Å². The molecule has 0 fully saturated rings. The van der Waals surface area contributed by atoms with E-state index >= 15 is 0 Å². The fraction of sp³-hybridized carbons (Fsp3) is 0.0909. The fourth-order valence-corrected chi connectivity index (χ4v) is 2.89. The maximum absolute atomic E-state index is 13.1. The third kappa shape index (κ3) is 3.16. The molecule has 0 atom stereocenters. The van der Waals surface area contributed by atoms with Crippen molar-refractivity contribution in [1.29, 1.82) is 0 Å². The molecule has 3 rings (SSSR count). The van der Waals surface area contributed by atoms with Gasteiger partial charge in [-0.2, -0.15) is 0 Å². The monoisotopic (exact) mass is 374 g/mol. The molecule has 0 heterocycles. The summed E-state index contributed by atoms with van der Waals surface area (Å²) in [5.74, 6) is -1.76. The van der Waals surface area contributed by atoms with Gasteiger partial charge in [0, 0.05) is 22.3 Å². The largest absolute Gasteiger partial charge is 0.322 e. The Morgan fingerprint density at radius 1 is 0.714 bits per heavy atom. The van der Waals surface area contributed by atoms with Gasteiger partial charge in [-0.05, 0) is 26.0 Å². The van der Waals surface area contributed by atoms with E-state index in [0.717, 1.165) is 0 Å². The normalized spacial score (nSPS) is 11.9. The number of hydrogen-bond donors (Lipinski definition) is 2. The van der Waals surface area contributed by atoms with Gasteiger partial charge in [-0.3, -0.25) is 19.2 Å². The van der Waals surface area contributed by atoms with Crippen LogP contribution in [0.1, 0.15) is 45.7 Å². The van der Waals surface area contributed by atoms with Crippen LogP contribution in [-0.4, -0.2) is 23.4 Å². The van der Waals surface area contributed by atoms with Crippen LogP contribution in [0.25, 0.3) is 0 Å². The van der Waals surface area contributed by atoms with Crippen LogP contribution in [0.15, 0.2) is 60.7 Å². The topological polar surface area (TPSA) is 92.3 Å². The molecule has 1 aliphatic carbocycles. The van der Waals surface area contributed by atoms with Gasteiger partial charge in [0.05, 0.1) is 22.5 Å². The summed E-state index contributed by atoms with van der Waals surface area (Å²) in [6, 6.07) is 9.39. The number of hydrogen-bond acceptors (Lipinski definition) is 4. The molecule has 0 aromatic heterocycles. The average molecular weight is 374 g/mol. The van der Waals surface area contributed by atoms with E-state index in [9.17, 15) is 19.2 Å². The van der Waals surface area contributed by atoms with Crippen LogP contribution in [0.4, 0.5) is 11.4 Å². The van der Waals surface area contributed by atoms with Gasteiger partial charge in [0.15, 0.2) is 11.6 Å². The Morgan fingerprint density at radius 3 is 1.39 bits per heavy atom. The molecule has 0 saturated heterocycles. The highest BCUT2D eigenvalue weighted by Gasteiger charge is 2.34. The van der Waals surface area contributed by atoms with Crippen LogP contribution >= 0.6 is 0 Å². The molecule has 2 aromatic carbocycles. The Balaban J connectivity index is 2.23. The number of ketones is 2. The first kappa shape index (κ1) is 19.0. The highest BCUT2D eigenvalue weighted by Crippen LogP contribution is 2.36. The lowest BCUT2D eigenvalue weighted by Crippen LogP contribution is -2.26. The quantitative estimate of drug-likeness (QED) is 0.684. The zero-order valence-electron chi connectivity index (χ0n) is 15.5. The lowest BCUT2D eigenvalue weighted by molar-refractivity contribution is -0.113. The van der Waals surface area contributed by atoms with Crippen molar-refractivity contribution in [3.8, 4) is 0 Å². The van der Waals surface area contributed by atoms with Crippen LogP contribution < -0.4 is 10.6 Å². The first-order valence-corrected chi connectivity index (χ1v) is 8.51. The minimum atomic E-state index is -0.472. The van der Waals surface area contributed by atoms with Crippen molar-refractivity contribution in [3.63, 3.8) is 0 Å². The first-order valence-electron chi connectivity index (χ1n) is 8.51. The van der Waals surface area contributed by atoms with Crippen LogP contribution in [0, 0.1) is 0 Å². The van der Waals surface area contributed by atoms with Crippen molar-refractivity contribution in [2.75, 3.05) is 10.6 Å². The Labute approximate surface area is 161 Å². The molecule has 0 unspecified atom stereocenters. The van der Waals surface area contributed by atoms with Gasteiger partial charge in [0.25, 0.3) is 11.8 Å². The number of benzene rings is 2. The maximum atomic E-state index is 13.1. The number of amides is 2. The number of anilines is 2. The molecule has 1 aliphatic rings. The van der Waals surface area contributed by atoms with Gasteiger partial charge in [0.2, 0.25) is 0 Å². The molecule has 6 heteroatoms. The minimum absolute atomic E-state index is 0.0396. The lowest BCUT2D eigenvalue weighted by atomic mass is 9.82. The van der Waals surface area contributed by atoms with E-state index < -0.39 is 23.4 Å². The minimum Gasteiger partial charge on any atom is -0.322 e. The second kappa shape index (κ2) is 7.08. The Hall–Kier alpha value is -3.80. The summed E-state index contributed by atoms with van der Waals surface area (Å²) in [6.45, 7) is 10.2. The van der Waals surface area contributed by atoms with Crippen molar-refractivity contribution in [3.05, 3.63) is 83.0 Å². The molecule has 2 N–H and O–H groups in total. The Bertz CT molecular complexity index is 1010. The number of rotatable bonds is 4. The molecule has 0 saturated carbocycles. The number of carbonyl (C=O) groups excluding carboxylic acids is 4. The summed E-state index contributed by atoms with van der Waals surface area (Å²) < 4.78 is 0. The molecule has 0 radical (unpaired) electrons. The fourth-order valence-electron chi connectivity index (χ4n) is 2.89. The summed E-state index contributed by atoms with van der Waals surface area (Å²) in [5, 5.41) is 5.23. The third-order valence-electron chi connectivity index (χ3n) is 4.35. The Kier molecular flexibility index (Phi) is 4.79. The second-order valence-corrected chi connectivity index (χ2v) is 6.58. The average Bonchev–Trinajstić information content (AvgIpc) is 2.66. The molecule has 2 amide bonds. The van der Waals surface area contributed by atoms with E-state index in [-0.39, 0.29) is 44.8 Å². The van der Waals surface area contributed by atoms with Gasteiger partial charge in [-0.1, -0.05) is 37.4 Å². The molecule has 0 bridgehead atoms. The van der Waals surface area contributed by atoms with E-state index in [1.165, 1.54) is 26.0 Å². The zero-order valence-corrected chi connectivity index (χ0v) is 15.5. The predicted octanol–water partition coefficient (Wildman–Crippen LogP) is 3.49. The van der Waals surface area contributed by atoms with Crippen LogP contribution in [0.5, 0.6) is 0 Å². The van der Waals surface area contributed by atoms with Gasteiger partial charge < -0.3 is 10.6 Å². The number of carbonyl (C=O) groups is 4. The van der Waals surface area contributed by atoms with Gasteiger partial charge in [-0.15, -0.1) is 0 Å². The second-order valence-electron chi connectivity index (χ2n) is 6.58. The number of nitrogens with one attached hydrogen (secondary N) is 2. The SMILES string of the molecule is C=C(C)C(=O)Nc1ccc(NC(=O)C(=C)C)c2c1C(=O)c1ccccc1C2=O. The smallest absolute Gasteiger partial charge is 0.250 e. The van der Waals surface area contributed by atoms with Crippen molar-refractivity contribution < 1.29 is 19.2 Å². The first-order chi connectivity index (χ1) is 13.2. The van der Waals surface area contributed by atoms with E-state index in [2.05, 4.69) is 23.8 Å². The third-order valence-corrected chi connectivity index (χ3v) is 4.35. The molecule has 2 aromatic rings. The van der Waals surface area contributed by atoms with Crippen molar-refractivity contribution in [2.24, 2.45) is 0 Å². The summed E-state index contributed by atoms with van der Waals surface area (Å²) in [4.78, 5) is 50.5. The molecule has 0 spiro atoms. The van der Waals surface area contributed by atoms with Crippen LogP contribution in [0.2, 0.25) is 0 Å². The van der Waals surface area contributed by atoms with Crippen LogP contribution in [-0.2, 0) is 9.59 Å². The maximum Gasteiger partial charge on any atom is 0.250 e. The molecule has 140 valence electrons. The molecule has 0 aliphatic heterocycles. The summed E-state index contributed by atoms with van der Waals surface area (Å²) in [7, 11) is 0.